The lowest BCUT2D eigenvalue weighted by atomic mass is 9.85. The van der Waals surface area contributed by atoms with Crippen LogP contribution in [-0.2, 0) is 11.2 Å². The van der Waals surface area contributed by atoms with Gasteiger partial charge in [0.15, 0.2) is 0 Å². The SMILES string of the molecule is O=C([C@H]1CCCc2c1[nH]c1ccccc21)N1CCN(c2ccc(F)cc2)CC1. The molecule has 1 N–H and O–H groups in total. The lowest BCUT2D eigenvalue weighted by Gasteiger charge is -2.38. The molecule has 1 fully saturated rings. The van der Waals surface area contributed by atoms with Crippen LogP contribution in [-0.4, -0.2) is 42.0 Å². The molecule has 28 heavy (non-hydrogen) atoms. The number of H-pyrrole nitrogens is 1. The number of piperazine rings is 1. The normalized spacial score (nSPS) is 19.7. The highest BCUT2D eigenvalue weighted by Crippen LogP contribution is 2.37. The fourth-order valence-electron chi connectivity index (χ4n) is 4.72. The van der Waals surface area contributed by atoms with Crippen LogP contribution in [0.15, 0.2) is 48.5 Å². The molecule has 0 saturated carbocycles. The van der Waals surface area contributed by atoms with Crippen molar-refractivity contribution in [1.82, 2.24) is 9.88 Å². The number of hydrogen-bond donors (Lipinski definition) is 1. The van der Waals surface area contributed by atoms with Crippen molar-refractivity contribution in [2.45, 2.75) is 25.2 Å². The molecule has 4 nitrogen and oxygen atoms in total. The van der Waals surface area contributed by atoms with Crippen molar-refractivity contribution in [2.75, 3.05) is 31.1 Å². The van der Waals surface area contributed by atoms with E-state index in [9.17, 15) is 9.18 Å². The summed E-state index contributed by atoms with van der Waals surface area (Å²) in [6.45, 7) is 2.98. The Bertz CT molecular complexity index is 1000. The Kier molecular flexibility index (Phi) is 4.30. The predicted octanol–water partition coefficient (Wildman–Crippen LogP) is 4.08. The third-order valence-corrected chi connectivity index (χ3v) is 6.20. The molecule has 5 rings (SSSR count). The number of amides is 1. The molecule has 5 heteroatoms. The Morgan fingerprint density at radius 1 is 1.00 bits per heavy atom. The number of nitrogens with one attached hydrogen (secondary N) is 1. The Morgan fingerprint density at radius 3 is 2.54 bits per heavy atom. The Balaban J connectivity index is 1.32. The van der Waals surface area contributed by atoms with Gasteiger partial charge in [-0.3, -0.25) is 4.79 Å². The molecular weight excluding hydrogens is 353 g/mol. The summed E-state index contributed by atoms with van der Waals surface area (Å²) in [6, 6.07) is 15.0. The largest absolute Gasteiger partial charge is 0.368 e. The first kappa shape index (κ1) is 17.3. The first-order chi connectivity index (χ1) is 13.7. The van der Waals surface area contributed by atoms with Crippen LogP contribution < -0.4 is 4.90 Å². The van der Waals surface area contributed by atoms with Crippen LogP contribution in [0.5, 0.6) is 0 Å². The third kappa shape index (κ3) is 2.95. The van der Waals surface area contributed by atoms with E-state index in [-0.39, 0.29) is 17.6 Å². The number of aromatic amines is 1. The van der Waals surface area contributed by atoms with Gasteiger partial charge >= 0.3 is 0 Å². The molecule has 0 radical (unpaired) electrons. The van der Waals surface area contributed by atoms with Gasteiger partial charge in [0.25, 0.3) is 0 Å². The molecular formula is C23H24FN3O. The zero-order chi connectivity index (χ0) is 19.1. The van der Waals surface area contributed by atoms with Crippen LogP contribution in [0.4, 0.5) is 10.1 Å². The number of rotatable bonds is 2. The van der Waals surface area contributed by atoms with E-state index in [0.29, 0.717) is 13.1 Å². The Hall–Kier alpha value is -2.82. The predicted molar refractivity (Wildman–Crippen MR) is 109 cm³/mol. The second-order valence-electron chi connectivity index (χ2n) is 7.80. The molecule has 2 aliphatic rings. The number of aryl methyl sites for hydroxylation is 1. The highest BCUT2D eigenvalue weighted by Gasteiger charge is 2.33. The van der Waals surface area contributed by atoms with Gasteiger partial charge in [0.2, 0.25) is 5.91 Å². The van der Waals surface area contributed by atoms with Crippen molar-refractivity contribution in [3.63, 3.8) is 0 Å². The van der Waals surface area contributed by atoms with Crippen molar-refractivity contribution in [3.05, 3.63) is 65.6 Å². The maximum atomic E-state index is 13.3. The van der Waals surface area contributed by atoms with Crippen LogP contribution in [0.2, 0.25) is 0 Å². The van der Waals surface area contributed by atoms with E-state index in [1.54, 1.807) is 0 Å². The van der Waals surface area contributed by atoms with Crippen molar-refractivity contribution < 1.29 is 9.18 Å². The fraction of sp³-hybridized carbons (Fsp3) is 0.348. The monoisotopic (exact) mass is 377 g/mol. The number of halogens is 1. The molecule has 1 aliphatic heterocycles. The number of carbonyl (C=O) groups is 1. The summed E-state index contributed by atoms with van der Waals surface area (Å²) in [4.78, 5) is 21.1. The van der Waals surface area contributed by atoms with E-state index in [0.717, 1.165) is 49.2 Å². The summed E-state index contributed by atoms with van der Waals surface area (Å²) in [5.74, 6) is -0.0382. The van der Waals surface area contributed by atoms with Crippen LogP contribution in [0.3, 0.4) is 0 Å². The zero-order valence-corrected chi connectivity index (χ0v) is 15.8. The summed E-state index contributed by atoms with van der Waals surface area (Å²) >= 11 is 0. The van der Waals surface area contributed by atoms with Gasteiger partial charge in [-0.25, -0.2) is 4.39 Å². The van der Waals surface area contributed by atoms with E-state index in [1.807, 2.05) is 23.1 Å². The molecule has 1 aromatic heterocycles. The number of fused-ring (bicyclic) bond motifs is 3. The Labute approximate surface area is 163 Å². The first-order valence-electron chi connectivity index (χ1n) is 10.1. The summed E-state index contributed by atoms with van der Waals surface area (Å²) in [7, 11) is 0. The second kappa shape index (κ2) is 6.97. The van der Waals surface area contributed by atoms with Crippen LogP contribution in [0.25, 0.3) is 10.9 Å². The summed E-state index contributed by atoms with van der Waals surface area (Å²) in [6.07, 6.45) is 3.01. The second-order valence-corrected chi connectivity index (χ2v) is 7.80. The van der Waals surface area contributed by atoms with Crippen LogP contribution >= 0.6 is 0 Å². The number of nitrogens with zero attached hydrogens (tertiary/aromatic N) is 2. The minimum absolute atomic E-state index is 0.0616. The molecule has 1 amide bonds. The topological polar surface area (TPSA) is 39.3 Å². The van der Waals surface area contributed by atoms with Crippen molar-refractivity contribution in [3.8, 4) is 0 Å². The summed E-state index contributed by atoms with van der Waals surface area (Å²) in [5.41, 5.74) is 4.60. The molecule has 0 bridgehead atoms. The standard InChI is InChI=1S/C23H24FN3O/c24-16-8-10-17(11-9-16)26-12-14-27(15-13-26)23(28)20-6-3-5-19-18-4-1-2-7-21(18)25-22(19)20/h1-2,4,7-11,20,25H,3,5-6,12-15H2/t20-/m0/s1. The van der Waals surface area contributed by atoms with E-state index in [1.165, 1.54) is 23.1 Å². The van der Waals surface area contributed by atoms with E-state index in [2.05, 4.69) is 28.1 Å². The van der Waals surface area contributed by atoms with Crippen LogP contribution in [0, 0.1) is 5.82 Å². The number of aromatic nitrogens is 1. The molecule has 1 aliphatic carbocycles. The molecule has 0 unspecified atom stereocenters. The highest BCUT2D eigenvalue weighted by molar-refractivity contribution is 5.90. The third-order valence-electron chi connectivity index (χ3n) is 6.20. The minimum Gasteiger partial charge on any atom is -0.368 e. The Morgan fingerprint density at radius 2 is 1.75 bits per heavy atom. The van der Waals surface area contributed by atoms with Crippen molar-refractivity contribution >= 4 is 22.5 Å². The number of anilines is 1. The van der Waals surface area contributed by atoms with Gasteiger partial charge in [-0.1, -0.05) is 18.2 Å². The van der Waals surface area contributed by atoms with Crippen LogP contribution in [0.1, 0.15) is 30.0 Å². The van der Waals surface area contributed by atoms with Gasteiger partial charge < -0.3 is 14.8 Å². The zero-order valence-electron chi connectivity index (χ0n) is 15.8. The minimum atomic E-state index is -0.219. The first-order valence-corrected chi connectivity index (χ1v) is 10.1. The van der Waals surface area contributed by atoms with E-state index < -0.39 is 0 Å². The van der Waals surface area contributed by atoms with Gasteiger partial charge in [-0.05, 0) is 55.2 Å². The summed E-state index contributed by atoms with van der Waals surface area (Å²) in [5, 5.41) is 1.26. The molecule has 1 saturated heterocycles. The van der Waals surface area contributed by atoms with Gasteiger partial charge in [0, 0.05) is 48.5 Å². The number of carbonyl (C=O) groups excluding carboxylic acids is 1. The molecule has 3 aromatic rings. The smallest absolute Gasteiger partial charge is 0.231 e. The lowest BCUT2D eigenvalue weighted by molar-refractivity contribution is -0.133. The van der Waals surface area contributed by atoms with Gasteiger partial charge in [-0.15, -0.1) is 0 Å². The number of hydrogen-bond acceptors (Lipinski definition) is 2. The average Bonchev–Trinajstić information content (AvgIpc) is 3.13. The van der Waals surface area contributed by atoms with E-state index >= 15 is 0 Å². The maximum Gasteiger partial charge on any atom is 0.231 e. The number of para-hydroxylation sites is 1. The average molecular weight is 377 g/mol. The quantitative estimate of drug-likeness (QED) is 0.731. The van der Waals surface area contributed by atoms with Gasteiger partial charge in [0.1, 0.15) is 5.82 Å². The lowest BCUT2D eigenvalue weighted by Crippen LogP contribution is -2.50. The number of benzene rings is 2. The molecule has 2 aromatic carbocycles. The molecule has 0 spiro atoms. The van der Waals surface area contributed by atoms with E-state index in [4.69, 9.17) is 0 Å². The molecule has 144 valence electrons. The van der Waals surface area contributed by atoms with Crippen molar-refractivity contribution in [1.29, 1.82) is 0 Å². The van der Waals surface area contributed by atoms with Crippen molar-refractivity contribution in [2.24, 2.45) is 0 Å². The molecule has 2 heterocycles. The van der Waals surface area contributed by atoms with Gasteiger partial charge in [0.05, 0.1) is 5.92 Å². The summed E-state index contributed by atoms with van der Waals surface area (Å²) < 4.78 is 13.2. The highest BCUT2D eigenvalue weighted by atomic mass is 19.1. The fourth-order valence-corrected chi connectivity index (χ4v) is 4.72. The van der Waals surface area contributed by atoms with Gasteiger partial charge in [-0.2, -0.15) is 0 Å². The molecule has 1 atom stereocenters. The maximum absolute atomic E-state index is 13.3.